The quantitative estimate of drug-likeness (QED) is 0.589. The van der Waals surface area contributed by atoms with E-state index in [-0.39, 0.29) is 0 Å². The molecule has 7 heteroatoms. The number of ether oxygens (including phenoxy) is 1. The van der Waals surface area contributed by atoms with Gasteiger partial charge in [-0.05, 0) is 19.1 Å². The molecular weight excluding hydrogens is 311 g/mol. The van der Waals surface area contributed by atoms with E-state index in [9.17, 15) is 22.8 Å². The first kappa shape index (κ1) is 14.4. The fourth-order valence-corrected chi connectivity index (χ4v) is 3.80. The highest BCUT2D eigenvalue weighted by Crippen LogP contribution is 2.53. The average Bonchev–Trinajstić information content (AvgIpc) is 3.07. The van der Waals surface area contributed by atoms with E-state index in [2.05, 4.69) is 0 Å². The Balaban J connectivity index is 1.82. The highest BCUT2D eigenvalue weighted by atomic mass is 19.4. The Morgan fingerprint density at radius 2 is 1.87 bits per heavy atom. The lowest BCUT2D eigenvalue weighted by Crippen LogP contribution is -2.39. The van der Waals surface area contributed by atoms with Gasteiger partial charge in [0.25, 0.3) is 0 Å². The first-order chi connectivity index (χ1) is 10.7. The minimum absolute atomic E-state index is 0.410. The van der Waals surface area contributed by atoms with Gasteiger partial charge in [-0.1, -0.05) is 24.3 Å². The molecule has 2 saturated heterocycles. The normalized spacial score (nSPS) is 35.3. The van der Waals surface area contributed by atoms with E-state index in [1.807, 2.05) is 0 Å². The minimum Gasteiger partial charge on any atom is -0.362 e. The minimum atomic E-state index is -4.65. The van der Waals surface area contributed by atoms with Crippen molar-refractivity contribution in [1.82, 2.24) is 0 Å². The molecule has 2 fully saturated rings. The Morgan fingerprint density at radius 1 is 1.17 bits per heavy atom. The molecule has 0 aromatic heterocycles. The van der Waals surface area contributed by atoms with Gasteiger partial charge in [-0.2, -0.15) is 13.2 Å². The molecule has 2 bridgehead atoms. The van der Waals surface area contributed by atoms with Gasteiger partial charge < -0.3 is 4.74 Å². The maximum Gasteiger partial charge on any atom is 0.418 e. The van der Waals surface area contributed by atoms with Gasteiger partial charge in [0.05, 0.1) is 34.8 Å². The van der Waals surface area contributed by atoms with E-state index < -0.39 is 52.8 Å². The molecule has 0 aliphatic carbocycles. The molecule has 0 spiro atoms. The number of halogens is 3. The summed E-state index contributed by atoms with van der Waals surface area (Å²) in [6, 6.07) is 4.63. The number of benzene rings is 1. The van der Waals surface area contributed by atoms with Gasteiger partial charge in [0.2, 0.25) is 11.8 Å². The standard InChI is InChI=1S/C16H12F3NO3/c1-15-7-6-10(23-15)11-12(15)14(22)20(13(11)21)9-5-3-2-4-8(9)16(17,18)19/h2-7,10-12H,1H3. The molecular formula is C16H12F3NO3. The Bertz CT molecular complexity index is 757. The van der Waals surface area contributed by atoms with E-state index in [0.717, 1.165) is 12.1 Å². The molecule has 0 radical (unpaired) electrons. The molecule has 3 aliphatic heterocycles. The largest absolute Gasteiger partial charge is 0.418 e. The summed E-state index contributed by atoms with van der Waals surface area (Å²) in [4.78, 5) is 26.0. The number of amides is 2. The zero-order valence-corrected chi connectivity index (χ0v) is 12.0. The molecule has 0 N–H and O–H groups in total. The maximum atomic E-state index is 13.2. The van der Waals surface area contributed by atoms with Crippen LogP contribution < -0.4 is 4.90 Å². The third-order valence-electron chi connectivity index (χ3n) is 4.78. The number of carbonyl (C=O) groups is 2. The van der Waals surface area contributed by atoms with Crippen molar-refractivity contribution in [2.75, 3.05) is 4.90 Å². The topological polar surface area (TPSA) is 46.6 Å². The van der Waals surface area contributed by atoms with Gasteiger partial charge >= 0.3 is 6.18 Å². The van der Waals surface area contributed by atoms with Crippen molar-refractivity contribution in [3.63, 3.8) is 0 Å². The number of alkyl halides is 3. The van der Waals surface area contributed by atoms with Gasteiger partial charge in [-0.25, -0.2) is 4.90 Å². The van der Waals surface area contributed by atoms with Crippen molar-refractivity contribution in [2.24, 2.45) is 11.8 Å². The number of nitrogens with zero attached hydrogens (tertiary/aromatic N) is 1. The van der Waals surface area contributed by atoms with Crippen molar-refractivity contribution in [2.45, 2.75) is 24.8 Å². The van der Waals surface area contributed by atoms with E-state index >= 15 is 0 Å². The van der Waals surface area contributed by atoms with Crippen LogP contribution in [0.25, 0.3) is 0 Å². The van der Waals surface area contributed by atoms with E-state index in [0.29, 0.717) is 4.90 Å². The number of rotatable bonds is 1. The van der Waals surface area contributed by atoms with Crippen LogP contribution in [-0.4, -0.2) is 23.5 Å². The number of para-hydroxylation sites is 1. The average molecular weight is 323 g/mol. The van der Waals surface area contributed by atoms with Gasteiger partial charge in [0, 0.05) is 0 Å². The highest BCUT2D eigenvalue weighted by molar-refractivity contribution is 6.23. The van der Waals surface area contributed by atoms with Crippen LogP contribution in [-0.2, 0) is 20.5 Å². The maximum absolute atomic E-state index is 13.2. The van der Waals surface area contributed by atoms with Crippen molar-refractivity contribution in [1.29, 1.82) is 0 Å². The second-order valence-electron chi connectivity index (χ2n) is 6.16. The molecule has 1 aromatic carbocycles. The van der Waals surface area contributed by atoms with Crippen molar-refractivity contribution in [3.05, 3.63) is 42.0 Å². The lowest BCUT2D eigenvalue weighted by Gasteiger charge is -2.25. The summed E-state index contributed by atoms with van der Waals surface area (Å²) in [5, 5.41) is 0. The number of anilines is 1. The molecule has 4 unspecified atom stereocenters. The summed E-state index contributed by atoms with van der Waals surface area (Å²) in [5.41, 5.74) is -2.33. The molecule has 3 aliphatic rings. The van der Waals surface area contributed by atoms with Crippen LogP contribution >= 0.6 is 0 Å². The highest BCUT2D eigenvalue weighted by Gasteiger charge is 2.66. The Morgan fingerprint density at radius 3 is 2.52 bits per heavy atom. The van der Waals surface area contributed by atoms with Crippen LogP contribution in [0.4, 0.5) is 18.9 Å². The third-order valence-corrected chi connectivity index (χ3v) is 4.78. The third kappa shape index (κ3) is 1.77. The fourth-order valence-electron chi connectivity index (χ4n) is 3.80. The molecule has 2 amide bonds. The van der Waals surface area contributed by atoms with Crippen molar-refractivity contribution in [3.8, 4) is 0 Å². The summed E-state index contributed by atoms with van der Waals surface area (Å²) >= 11 is 0. The predicted octanol–water partition coefficient (Wildman–Crippen LogP) is 2.54. The van der Waals surface area contributed by atoms with Gasteiger partial charge in [0.1, 0.15) is 0 Å². The van der Waals surface area contributed by atoms with Crippen molar-refractivity contribution >= 4 is 17.5 Å². The van der Waals surface area contributed by atoms with Crippen LogP contribution in [0.2, 0.25) is 0 Å². The monoisotopic (exact) mass is 323 g/mol. The molecule has 0 saturated carbocycles. The number of carbonyl (C=O) groups excluding carboxylic acids is 2. The van der Waals surface area contributed by atoms with Gasteiger partial charge in [-0.15, -0.1) is 0 Å². The Labute approximate surface area is 129 Å². The summed E-state index contributed by atoms with van der Waals surface area (Å²) < 4.78 is 45.3. The smallest absolute Gasteiger partial charge is 0.362 e. The van der Waals surface area contributed by atoms with E-state index in [4.69, 9.17) is 4.74 Å². The van der Waals surface area contributed by atoms with E-state index in [1.165, 1.54) is 12.1 Å². The predicted molar refractivity (Wildman–Crippen MR) is 73.3 cm³/mol. The number of fused-ring (bicyclic) bond motifs is 5. The summed E-state index contributed by atoms with van der Waals surface area (Å²) in [7, 11) is 0. The Kier molecular flexibility index (Phi) is 2.65. The van der Waals surface area contributed by atoms with Crippen LogP contribution in [0.5, 0.6) is 0 Å². The summed E-state index contributed by atoms with van der Waals surface area (Å²) in [5.74, 6) is -2.79. The van der Waals surface area contributed by atoms with E-state index in [1.54, 1.807) is 19.1 Å². The van der Waals surface area contributed by atoms with Crippen LogP contribution in [0.15, 0.2) is 36.4 Å². The summed E-state index contributed by atoms with van der Waals surface area (Å²) in [6.45, 7) is 1.68. The second-order valence-corrected chi connectivity index (χ2v) is 6.16. The Hall–Kier alpha value is -2.15. The van der Waals surface area contributed by atoms with Gasteiger partial charge in [-0.3, -0.25) is 9.59 Å². The lowest BCUT2D eigenvalue weighted by atomic mass is 9.78. The zero-order valence-electron chi connectivity index (χ0n) is 12.0. The molecule has 23 heavy (non-hydrogen) atoms. The summed E-state index contributed by atoms with van der Waals surface area (Å²) in [6.07, 6.45) is -1.79. The molecule has 3 heterocycles. The first-order valence-corrected chi connectivity index (χ1v) is 7.15. The number of imide groups is 1. The number of hydrogen-bond acceptors (Lipinski definition) is 3. The van der Waals surface area contributed by atoms with Crippen LogP contribution in [0.3, 0.4) is 0 Å². The molecule has 4 nitrogen and oxygen atoms in total. The second kappa shape index (κ2) is 4.23. The number of hydrogen-bond donors (Lipinski definition) is 0. The fraction of sp³-hybridized carbons (Fsp3) is 0.375. The molecule has 1 aromatic rings. The molecule has 4 rings (SSSR count). The van der Waals surface area contributed by atoms with Crippen LogP contribution in [0, 0.1) is 11.8 Å². The molecule has 120 valence electrons. The molecule has 4 atom stereocenters. The van der Waals surface area contributed by atoms with Gasteiger partial charge in [0.15, 0.2) is 0 Å². The zero-order chi connectivity index (χ0) is 16.6. The lowest BCUT2D eigenvalue weighted by molar-refractivity contribution is -0.137. The van der Waals surface area contributed by atoms with Crippen LogP contribution in [0.1, 0.15) is 12.5 Å². The SMILES string of the molecule is CC12C=CC(O1)C1C(=O)N(c3ccccc3C(F)(F)F)C(=O)C12. The first-order valence-electron chi connectivity index (χ1n) is 7.15. The van der Waals surface area contributed by atoms with Crippen molar-refractivity contribution < 1.29 is 27.5 Å².